The summed E-state index contributed by atoms with van der Waals surface area (Å²) < 4.78 is 0. The van der Waals surface area contributed by atoms with Crippen molar-refractivity contribution in [2.45, 2.75) is 58.5 Å². The molecule has 4 unspecified atom stereocenters. The molecule has 0 aromatic carbocycles. The molecule has 1 aliphatic rings. The highest BCUT2D eigenvalue weighted by atomic mass is 16.4. The summed E-state index contributed by atoms with van der Waals surface area (Å²) in [6, 6.07) is 0. The third kappa shape index (κ3) is 3.78. The normalized spacial score (nSPS) is 31.6. The minimum absolute atomic E-state index is 0.107. The van der Waals surface area contributed by atoms with Crippen molar-refractivity contribution in [1.29, 1.82) is 0 Å². The molecule has 0 radical (unpaired) electrons. The number of rotatable bonds is 6. The predicted molar refractivity (Wildman–Crippen MR) is 63.2 cm³/mol. The van der Waals surface area contributed by atoms with Crippen LogP contribution in [-0.4, -0.2) is 22.3 Å². The lowest BCUT2D eigenvalue weighted by molar-refractivity contribution is -0.139. The van der Waals surface area contributed by atoms with Gasteiger partial charge in [0.2, 0.25) is 0 Å². The van der Waals surface area contributed by atoms with Gasteiger partial charge >= 0.3 is 5.97 Å². The predicted octanol–water partition coefficient (Wildman–Crippen LogP) is 2.67. The Kier molecular flexibility index (Phi) is 5.26. The van der Waals surface area contributed by atoms with Crippen LogP contribution in [-0.2, 0) is 4.79 Å². The zero-order valence-electron chi connectivity index (χ0n) is 10.4. The first-order chi connectivity index (χ1) is 7.56. The number of carboxylic acid groups (broad SMARTS) is 1. The van der Waals surface area contributed by atoms with E-state index in [2.05, 4.69) is 13.8 Å². The van der Waals surface area contributed by atoms with E-state index in [1.54, 1.807) is 0 Å². The molecule has 2 N–H and O–H groups in total. The first-order valence-corrected chi connectivity index (χ1v) is 6.46. The molecule has 0 amide bonds. The lowest BCUT2D eigenvalue weighted by Crippen LogP contribution is -2.19. The van der Waals surface area contributed by atoms with E-state index in [4.69, 9.17) is 5.11 Å². The Morgan fingerprint density at radius 1 is 1.25 bits per heavy atom. The second-order valence-electron chi connectivity index (χ2n) is 5.16. The molecular weight excluding hydrogens is 204 g/mol. The quantitative estimate of drug-likeness (QED) is 0.735. The molecule has 1 saturated carbocycles. The molecule has 1 fully saturated rings. The van der Waals surface area contributed by atoms with Crippen LogP contribution in [0.3, 0.4) is 0 Å². The molecule has 1 rings (SSSR count). The van der Waals surface area contributed by atoms with Crippen molar-refractivity contribution in [3.8, 4) is 0 Å². The number of hydrogen-bond donors (Lipinski definition) is 2. The molecule has 0 aromatic heterocycles. The zero-order valence-corrected chi connectivity index (χ0v) is 10.4. The minimum Gasteiger partial charge on any atom is -0.481 e. The van der Waals surface area contributed by atoms with E-state index in [-0.39, 0.29) is 6.42 Å². The Morgan fingerprint density at radius 2 is 1.88 bits per heavy atom. The summed E-state index contributed by atoms with van der Waals surface area (Å²) in [5, 5.41) is 18.3. The fourth-order valence-electron chi connectivity index (χ4n) is 3.09. The second-order valence-corrected chi connectivity index (χ2v) is 5.16. The summed E-state index contributed by atoms with van der Waals surface area (Å²) >= 11 is 0. The monoisotopic (exact) mass is 228 g/mol. The molecule has 0 aromatic rings. The second kappa shape index (κ2) is 6.24. The summed E-state index contributed by atoms with van der Waals surface area (Å²) in [6.07, 6.45) is 4.70. The summed E-state index contributed by atoms with van der Waals surface area (Å²) in [5.41, 5.74) is 0. The maximum Gasteiger partial charge on any atom is 0.305 e. The molecule has 3 nitrogen and oxygen atoms in total. The van der Waals surface area contributed by atoms with Crippen molar-refractivity contribution in [2.75, 3.05) is 0 Å². The average molecular weight is 228 g/mol. The van der Waals surface area contributed by atoms with E-state index in [1.807, 2.05) is 0 Å². The maximum atomic E-state index is 10.5. The Bertz CT molecular complexity index is 227. The van der Waals surface area contributed by atoms with Gasteiger partial charge in [0.05, 0.1) is 12.5 Å². The molecule has 4 atom stereocenters. The number of carboxylic acids is 1. The van der Waals surface area contributed by atoms with Crippen LogP contribution in [0.15, 0.2) is 0 Å². The van der Waals surface area contributed by atoms with Gasteiger partial charge < -0.3 is 10.2 Å². The molecule has 0 saturated heterocycles. The highest BCUT2D eigenvalue weighted by Gasteiger charge is 2.33. The van der Waals surface area contributed by atoms with Gasteiger partial charge in [0, 0.05) is 0 Å². The van der Waals surface area contributed by atoms with E-state index in [0.717, 1.165) is 12.3 Å². The number of aliphatic carboxylic acids is 1. The Balaban J connectivity index is 2.42. The summed E-state index contributed by atoms with van der Waals surface area (Å²) in [5.74, 6) is 1.11. The largest absolute Gasteiger partial charge is 0.481 e. The van der Waals surface area contributed by atoms with Crippen molar-refractivity contribution in [3.63, 3.8) is 0 Å². The molecule has 3 heteroatoms. The van der Waals surface area contributed by atoms with Gasteiger partial charge in [-0.3, -0.25) is 4.79 Å². The van der Waals surface area contributed by atoms with Crippen molar-refractivity contribution >= 4 is 5.97 Å². The van der Waals surface area contributed by atoms with E-state index in [1.165, 1.54) is 19.3 Å². The Labute approximate surface area is 97.9 Å². The number of aliphatic hydroxyl groups is 1. The van der Waals surface area contributed by atoms with E-state index in [0.29, 0.717) is 18.3 Å². The fourth-order valence-corrected chi connectivity index (χ4v) is 3.09. The first-order valence-electron chi connectivity index (χ1n) is 6.46. The zero-order chi connectivity index (χ0) is 12.1. The van der Waals surface area contributed by atoms with E-state index >= 15 is 0 Å². The van der Waals surface area contributed by atoms with Crippen molar-refractivity contribution in [1.82, 2.24) is 0 Å². The first kappa shape index (κ1) is 13.5. The van der Waals surface area contributed by atoms with Crippen LogP contribution >= 0.6 is 0 Å². The molecule has 0 bridgehead atoms. The van der Waals surface area contributed by atoms with Gasteiger partial charge in [-0.1, -0.05) is 26.7 Å². The van der Waals surface area contributed by atoms with Gasteiger partial charge in [0.15, 0.2) is 0 Å². The fraction of sp³-hybridized carbons (Fsp3) is 0.923. The molecule has 94 valence electrons. The van der Waals surface area contributed by atoms with Gasteiger partial charge in [-0.2, -0.15) is 0 Å². The van der Waals surface area contributed by atoms with Gasteiger partial charge in [0.25, 0.3) is 0 Å². The minimum atomic E-state index is -0.898. The van der Waals surface area contributed by atoms with Crippen molar-refractivity contribution in [2.24, 2.45) is 17.8 Å². The average Bonchev–Trinajstić information content (AvgIpc) is 2.59. The molecule has 0 aliphatic heterocycles. The molecule has 16 heavy (non-hydrogen) atoms. The van der Waals surface area contributed by atoms with E-state index in [9.17, 15) is 9.90 Å². The smallest absolute Gasteiger partial charge is 0.305 e. The summed E-state index contributed by atoms with van der Waals surface area (Å²) in [7, 11) is 0. The van der Waals surface area contributed by atoms with Crippen molar-refractivity contribution in [3.05, 3.63) is 0 Å². The third-order valence-corrected chi connectivity index (χ3v) is 4.03. The number of aliphatic hydroxyl groups excluding tert-OH is 1. The van der Waals surface area contributed by atoms with Gasteiger partial charge in [-0.15, -0.1) is 0 Å². The topological polar surface area (TPSA) is 57.5 Å². The van der Waals surface area contributed by atoms with Crippen LogP contribution in [0.25, 0.3) is 0 Å². The van der Waals surface area contributed by atoms with Crippen LogP contribution < -0.4 is 0 Å². The van der Waals surface area contributed by atoms with Gasteiger partial charge in [-0.05, 0) is 37.0 Å². The molecule has 1 aliphatic carbocycles. The SMILES string of the molecule is CCC1CC(CC)C(CC(O)CC(=O)O)C1. The molecule has 0 heterocycles. The van der Waals surface area contributed by atoms with Crippen LogP contribution in [0.2, 0.25) is 0 Å². The van der Waals surface area contributed by atoms with Crippen LogP contribution in [0, 0.1) is 17.8 Å². The van der Waals surface area contributed by atoms with Gasteiger partial charge in [0.1, 0.15) is 0 Å². The Hall–Kier alpha value is -0.570. The highest BCUT2D eigenvalue weighted by molar-refractivity contribution is 5.67. The Morgan fingerprint density at radius 3 is 2.38 bits per heavy atom. The maximum absolute atomic E-state index is 10.5. The molecule has 0 spiro atoms. The van der Waals surface area contributed by atoms with E-state index < -0.39 is 12.1 Å². The van der Waals surface area contributed by atoms with Crippen LogP contribution in [0.1, 0.15) is 52.4 Å². The summed E-state index contributed by atoms with van der Waals surface area (Å²) in [4.78, 5) is 10.5. The standard InChI is InChI=1S/C13H24O3/c1-3-9-5-10(4-2)11(6-9)7-12(14)8-13(15)16/h9-12,14H,3-8H2,1-2H3,(H,15,16). The van der Waals surface area contributed by atoms with Crippen LogP contribution in [0.4, 0.5) is 0 Å². The number of carbonyl (C=O) groups is 1. The third-order valence-electron chi connectivity index (χ3n) is 4.03. The van der Waals surface area contributed by atoms with Crippen LogP contribution in [0.5, 0.6) is 0 Å². The number of hydrogen-bond acceptors (Lipinski definition) is 2. The molecular formula is C13H24O3. The lowest BCUT2D eigenvalue weighted by Gasteiger charge is -2.20. The lowest BCUT2D eigenvalue weighted by atomic mass is 9.88. The highest BCUT2D eigenvalue weighted by Crippen LogP contribution is 2.42. The summed E-state index contributed by atoms with van der Waals surface area (Å²) in [6.45, 7) is 4.41. The van der Waals surface area contributed by atoms with Gasteiger partial charge in [-0.25, -0.2) is 0 Å². The van der Waals surface area contributed by atoms with Crippen molar-refractivity contribution < 1.29 is 15.0 Å².